The minimum absolute atomic E-state index is 0.155. The first-order valence-electron chi connectivity index (χ1n) is 9.49. The van der Waals surface area contributed by atoms with Gasteiger partial charge in [0.2, 0.25) is 0 Å². The van der Waals surface area contributed by atoms with E-state index in [0.29, 0.717) is 17.2 Å². The number of ether oxygens (including phenoxy) is 1. The van der Waals surface area contributed by atoms with Crippen molar-refractivity contribution in [1.82, 2.24) is 18.7 Å². The van der Waals surface area contributed by atoms with Gasteiger partial charge in [0, 0.05) is 31.1 Å². The van der Waals surface area contributed by atoms with E-state index in [-0.39, 0.29) is 17.7 Å². The quantitative estimate of drug-likeness (QED) is 0.352. The van der Waals surface area contributed by atoms with Gasteiger partial charge in [0.1, 0.15) is 12.3 Å². The van der Waals surface area contributed by atoms with E-state index in [0.717, 1.165) is 15.7 Å². The largest absolute Gasteiger partial charge is 0.425 e. The smallest absolute Gasteiger partial charge is 0.332 e. The Morgan fingerprint density at radius 1 is 1.06 bits per heavy atom. The summed E-state index contributed by atoms with van der Waals surface area (Å²) < 4.78 is 9.21. The molecule has 0 atom stereocenters. The molecule has 0 bridgehead atoms. The van der Waals surface area contributed by atoms with Crippen molar-refractivity contribution in [2.24, 2.45) is 14.1 Å². The summed E-state index contributed by atoms with van der Waals surface area (Å²) in [6, 6.07) is 14.8. The van der Waals surface area contributed by atoms with E-state index >= 15 is 0 Å². The molecule has 0 saturated heterocycles. The molecule has 0 saturated carbocycles. The number of carbonyl (C=O) groups excluding carboxylic acids is 1. The third-order valence-corrected chi connectivity index (χ3v) is 5.24. The van der Waals surface area contributed by atoms with Crippen LogP contribution >= 0.6 is 11.6 Å². The van der Waals surface area contributed by atoms with Crippen molar-refractivity contribution in [2.45, 2.75) is 13.0 Å². The molecule has 4 rings (SSSR count). The fourth-order valence-electron chi connectivity index (χ4n) is 3.41. The Kier molecular flexibility index (Phi) is 5.48. The first-order chi connectivity index (χ1) is 14.8. The summed E-state index contributed by atoms with van der Waals surface area (Å²) in [7, 11) is 2.90. The highest BCUT2D eigenvalue weighted by atomic mass is 35.5. The molecular weight excluding hydrogens is 420 g/mol. The van der Waals surface area contributed by atoms with Gasteiger partial charge in [-0.25, -0.2) is 14.6 Å². The number of rotatable bonds is 5. The highest BCUT2D eigenvalue weighted by molar-refractivity contribution is 6.30. The number of imidazole rings is 1. The molecule has 2 aromatic heterocycles. The average molecular weight is 439 g/mol. The standard InChI is InChI=1S/C22H19ClN4O4/c1-25-20-19(21(29)26(2)22(25)30)27(13-24-20)12-18(28)31-17-9-8-16(23)11-15(17)10-14-6-4-3-5-7-14/h3-9,11,13H,10,12H2,1-2H3. The molecule has 0 radical (unpaired) electrons. The maximum absolute atomic E-state index is 12.7. The third kappa shape index (κ3) is 4.02. The lowest BCUT2D eigenvalue weighted by molar-refractivity contribution is -0.135. The number of aryl methyl sites for hydroxylation is 1. The fraction of sp³-hybridized carbons (Fsp3) is 0.182. The van der Waals surface area contributed by atoms with Gasteiger partial charge in [-0.2, -0.15) is 0 Å². The van der Waals surface area contributed by atoms with Gasteiger partial charge in [0.05, 0.1) is 6.33 Å². The summed E-state index contributed by atoms with van der Waals surface area (Å²) in [6.07, 6.45) is 1.89. The summed E-state index contributed by atoms with van der Waals surface area (Å²) in [6.45, 7) is -0.239. The molecule has 31 heavy (non-hydrogen) atoms. The van der Waals surface area contributed by atoms with Crippen molar-refractivity contribution < 1.29 is 9.53 Å². The predicted octanol–water partition coefficient (Wildman–Crippen LogP) is 2.28. The third-order valence-electron chi connectivity index (χ3n) is 5.00. The Hall–Kier alpha value is -3.65. The van der Waals surface area contributed by atoms with E-state index in [9.17, 15) is 14.4 Å². The highest BCUT2D eigenvalue weighted by Gasteiger charge is 2.17. The van der Waals surface area contributed by atoms with Crippen LogP contribution in [0.15, 0.2) is 64.4 Å². The van der Waals surface area contributed by atoms with E-state index in [4.69, 9.17) is 16.3 Å². The number of fused-ring (bicyclic) bond motifs is 1. The van der Waals surface area contributed by atoms with Crippen LogP contribution in [0.2, 0.25) is 5.02 Å². The summed E-state index contributed by atoms with van der Waals surface area (Å²) in [5.41, 5.74) is 1.16. The normalized spacial score (nSPS) is 11.1. The monoisotopic (exact) mass is 438 g/mol. The lowest BCUT2D eigenvalue weighted by atomic mass is 10.0. The lowest BCUT2D eigenvalue weighted by Crippen LogP contribution is -2.37. The van der Waals surface area contributed by atoms with Crippen LogP contribution < -0.4 is 16.0 Å². The Bertz CT molecular complexity index is 1400. The summed E-state index contributed by atoms with van der Waals surface area (Å²) in [4.78, 5) is 41.4. The molecule has 9 heteroatoms. The van der Waals surface area contributed by atoms with Gasteiger partial charge in [-0.3, -0.25) is 13.9 Å². The number of halogens is 1. The maximum Gasteiger partial charge on any atom is 0.332 e. The van der Waals surface area contributed by atoms with Crippen LogP contribution in [0, 0.1) is 0 Å². The molecule has 0 aliphatic heterocycles. The Morgan fingerprint density at radius 3 is 2.55 bits per heavy atom. The highest BCUT2D eigenvalue weighted by Crippen LogP contribution is 2.26. The van der Waals surface area contributed by atoms with Gasteiger partial charge in [-0.15, -0.1) is 0 Å². The molecule has 2 aromatic carbocycles. The zero-order valence-corrected chi connectivity index (χ0v) is 17.7. The van der Waals surface area contributed by atoms with Crippen molar-refractivity contribution >= 4 is 28.7 Å². The van der Waals surface area contributed by atoms with Crippen LogP contribution in [0.3, 0.4) is 0 Å². The first kappa shape index (κ1) is 20.6. The number of benzene rings is 2. The van der Waals surface area contributed by atoms with Gasteiger partial charge >= 0.3 is 11.7 Å². The molecule has 0 aliphatic rings. The summed E-state index contributed by atoms with van der Waals surface area (Å²) >= 11 is 6.14. The molecule has 0 fully saturated rings. The molecule has 0 amide bonds. The van der Waals surface area contributed by atoms with Gasteiger partial charge in [0.15, 0.2) is 11.2 Å². The van der Waals surface area contributed by atoms with Crippen molar-refractivity contribution in [1.29, 1.82) is 0 Å². The fourth-order valence-corrected chi connectivity index (χ4v) is 3.61. The number of hydrogen-bond donors (Lipinski definition) is 0. The van der Waals surface area contributed by atoms with Crippen LogP contribution in [0.1, 0.15) is 11.1 Å². The Balaban J connectivity index is 1.62. The molecule has 0 unspecified atom stereocenters. The van der Waals surface area contributed by atoms with E-state index in [1.165, 1.54) is 29.6 Å². The SMILES string of the molecule is Cn1c(=O)c2c(ncn2CC(=O)Oc2ccc(Cl)cc2Cc2ccccc2)n(C)c1=O. The van der Waals surface area contributed by atoms with Crippen LogP contribution in [0.25, 0.3) is 11.2 Å². The number of carbonyl (C=O) groups is 1. The number of nitrogens with zero attached hydrogens (tertiary/aromatic N) is 4. The average Bonchev–Trinajstić information content (AvgIpc) is 3.17. The maximum atomic E-state index is 12.7. The molecule has 0 spiro atoms. The molecular formula is C22H19ClN4O4. The number of aromatic nitrogens is 4. The number of esters is 1. The van der Waals surface area contributed by atoms with Gasteiger partial charge < -0.3 is 9.30 Å². The zero-order valence-electron chi connectivity index (χ0n) is 16.9. The van der Waals surface area contributed by atoms with E-state index in [1.807, 2.05) is 30.3 Å². The molecule has 8 nitrogen and oxygen atoms in total. The summed E-state index contributed by atoms with van der Waals surface area (Å²) in [5.74, 6) is -0.185. The molecule has 4 aromatic rings. The van der Waals surface area contributed by atoms with Crippen LogP contribution in [0.4, 0.5) is 0 Å². The lowest BCUT2D eigenvalue weighted by Gasteiger charge is -2.12. The van der Waals surface area contributed by atoms with E-state index in [1.54, 1.807) is 18.2 Å². The van der Waals surface area contributed by atoms with Crippen molar-refractivity contribution in [2.75, 3.05) is 0 Å². The minimum Gasteiger partial charge on any atom is -0.425 e. The van der Waals surface area contributed by atoms with Crippen molar-refractivity contribution in [3.8, 4) is 5.75 Å². The second-order valence-corrected chi connectivity index (χ2v) is 7.58. The van der Waals surface area contributed by atoms with E-state index in [2.05, 4.69) is 4.98 Å². The molecule has 0 N–H and O–H groups in total. The van der Waals surface area contributed by atoms with Gasteiger partial charge in [0.25, 0.3) is 5.56 Å². The Labute approximate surface area is 181 Å². The topological polar surface area (TPSA) is 88.1 Å². The first-order valence-corrected chi connectivity index (χ1v) is 9.87. The van der Waals surface area contributed by atoms with Gasteiger partial charge in [-0.1, -0.05) is 41.9 Å². The predicted molar refractivity (Wildman–Crippen MR) is 117 cm³/mol. The molecule has 0 aliphatic carbocycles. The van der Waals surface area contributed by atoms with E-state index < -0.39 is 17.2 Å². The van der Waals surface area contributed by atoms with Gasteiger partial charge in [-0.05, 0) is 23.8 Å². The Morgan fingerprint density at radius 2 is 1.81 bits per heavy atom. The second kappa shape index (κ2) is 8.23. The van der Waals surface area contributed by atoms with Crippen molar-refractivity contribution in [3.05, 3.63) is 91.8 Å². The zero-order chi connectivity index (χ0) is 22.1. The number of hydrogen-bond acceptors (Lipinski definition) is 5. The second-order valence-electron chi connectivity index (χ2n) is 7.14. The van der Waals surface area contributed by atoms with Crippen LogP contribution in [-0.2, 0) is 31.9 Å². The summed E-state index contributed by atoms with van der Waals surface area (Å²) in [5, 5.41) is 0.538. The van der Waals surface area contributed by atoms with Crippen LogP contribution in [0.5, 0.6) is 5.75 Å². The molecule has 2 heterocycles. The minimum atomic E-state index is -0.577. The van der Waals surface area contributed by atoms with Crippen molar-refractivity contribution in [3.63, 3.8) is 0 Å². The molecule has 158 valence electrons. The van der Waals surface area contributed by atoms with Crippen LogP contribution in [-0.4, -0.2) is 24.7 Å².